The Labute approximate surface area is 183 Å². The van der Waals surface area contributed by atoms with Gasteiger partial charge in [0.15, 0.2) is 0 Å². The first-order valence-electron chi connectivity index (χ1n) is 10.0. The number of sulfonamides is 1. The average molecular weight is 473 g/mol. The van der Waals surface area contributed by atoms with Gasteiger partial charge in [-0.1, -0.05) is 24.3 Å². The summed E-state index contributed by atoms with van der Waals surface area (Å²) in [6.07, 6.45) is -4.57. The standard InChI is InChI=1S/C21H23F4N3O3S/c22-17-9-8-15(13-18(17)26-11-10-21(23,24)25)14-27-20(29)19-7-4-12-28(19)32(30,31)16-5-2-1-3-6-16/h1-3,5-6,8-9,13,19,26H,4,7,10-12,14H2,(H,27,29)/t19-/m0/s1. The van der Waals surface area contributed by atoms with Crippen LogP contribution >= 0.6 is 0 Å². The van der Waals surface area contributed by atoms with E-state index in [9.17, 15) is 30.8 Å². The van der Waals surface area contributed by atoms with E-state index in [1.165, 1.54) is 28.6 Å². The molecule has 0 aromatic heterocycles. The molecule has 6 nitrogen and oxygen atoms in total. The highest BCUT2D eigenvalue weighted by atomic mass is 32.2. The molecule has 2 N–H and O–H groups in total. The molecule has 1 aliphatic heterocycles. The molecule has 3 rings (SSSR count). The van der Waals surface area contributed by atoms with Gasteiger partial charge in [-0.25, -0.2) is 12.8 Å². The van der Waals surface area contributed by atoms with Crippen LogP contribution in [0.5, 0.6) is 0 Å². The number of carbonyl (C=O) groups excluding carboxylic acids is 1. The molecule has 0 unspecified atom stereocenters. The molecule has 174 valence electrons. The van der Waals surface area contributed by atoms with Crippen LogP contribution in [0.3, 0.4) is 0 Å². The lowest BCUT2D eigenvalue weighted by atomic mass is 10.1. The van der Waals surface area contributed by atoms with E-state index < -0.39 is 46.9 Å². The normalized spacial score (nSPS) is 17.3. The lowest BCUT2D eigenvalue weighted by Crippen LogP contribution is -2.45. The smallest absolute Gasteiger partial charge is 0.382 e. The largest absolute Gasteiger partial charge is 0.390 e. The van der Waals surface area contributed by atoms with Crippen LogP contribution in [0.2, 0.25) is 0 Å². The summed E-state index contributed by atoms with van der Waals surface area (Å²) in [6.45, 7) is -0.285. The van der Waals surface area contributed by atoms with E-state index in [2.05, 4.69) is 10.6 Å². The summed E-state index contributed by atoms with van der Waals surface area (Å²) in [6, 6.07) is 10.8. The number of nitrogens with zero attached hydrogens (tertiary/aromatic N) is 1. The van der Waals surface area contributed by atoms with E-state index in [-0.39, 0.29) is 23.7 Å². The number of carbonyl (C=O) groups is 1. The maximum Gasteiger partial charge on any atom is 0.390 e. The van der Waals surface area contributed by atoms with E-state index in [1.54, 1.807) is 18.2 Å². The number of nitrogens with one attached hydrogen (secondary N) is 2. The van der Waals surface area contributed by atoms with Crippen molar-refractivity contribution in [3.05, 3.63) is 59.9 Å². The van der Waals surface area contributed by atoms with Gasteiger partial charge in [0.25, 0.3) is 0 Å². The van der Waals surface area contributed by atoms with Crippen molar-refractivity contribution in [1.29, 1.82) is 0 Å². The molecule has 0 radical (unpaired) electrons. The molecule has 1 saturated heterocycles. The topological polar surface area (TPSA) is 78.5 Å². The average Bonchev–Trinajstić information content (AvgIpc) is 3.24. The van der Waals surface area contributed by atoms with Crippen molar-refractivity contribution < 1.29 is 30.8 Å². The van der Waals surface area contributed by atoms with E-state index in [0.717, 1.165) is 6.07 Å². The van der Waals surface area contributed by atoms with Crippen molar-refractivity contribution >= 4 is 21.6 Å². The van der Waals surface area contributed by atoms with E-state index in [1.807, 2.05) is 0 Å². The van der Waals surface area contributed by atoms with Crippen molar-refractivity contribution in [3.8, 4) is 0 Å². The van der Waals surface area contributed by atoms with Gasteiger partial charge in [-0.2, -0.15) is 17.5 Å². The van der Waals surface area contributed by atoms with Gasteiger partial charge in [0.05, 0.1) is 17.0 Å². The zero-order valence-electron chi connectivity index (χ0n) is 17.0. The predicted molar refractivity (Wildman–Crippen MR) is 111 cm³/mol. The Morgan fingerprint density at radius 1 is 1.12 bits per heavy atom. The Kier molecular flexibility index (Phi) is 7.40. The molecule has 0 bridgehead atoms. The Balaban J connectivity index is 1.63. The number of halogens is 4. The lowest BCUT2D eigenvalue weighted by Gasteiger charge is -2.23. The minimum atomic E-state index is -4.36. The number of amides is 1. The lowest BCUT2D eigenvalue weighted by molar-refractivity contribution is -0.131. The number of alkyl halides is 3. The molecule has 2 aromatic carbocycles. The van der Waals surface area contributed by atoms with E-state index >= 15 is 0 Å². The fourth-order valence-corrected chi connectivity index (χ4v) is 5.16. The molecular formula is C21H23F4N3O3S. The van der Waals surface area contributed by atoms with Gasteiger partial charge in [-0.15, -0.1) is 0 Å². The highest BCUT2D eigenvalue weighted by molar-refractivity contribution is 7.89. The summed E-state index contributed by atoms with van der Waals surface area (Å²) in [7, 11) is -3.83. The minimum absolute atomic E-state index is 0.0250. The summed E-state index contributed by atoms with van der Waals surface area (Å²) < 4.78 is 77.7. The third-order valence-electron chi connectivity index (χ3n) is 5.08. The third-order valence-corrected chi connectivity index (χ3v) is 7.00. The third kappa shape index (κ3) is 5.98. The van der Waals surface area contributed by atoms with Gasteiger partial charge in [0.2, 0.25) is 15.9 Å². The quantitative estimate of drug-likeness (QED) is 0.574. The van der Waals surface area contributed by atoms with Crippen molar-refractivity contribution in [3.63, 3.8) is 0 Å². The molecule has 1 atom stereocenters. The minimum Gasteiger partial charge on any atom is -0.382 e. The summed E-state index contributed by atoms with van der Waals surface area (Å²) in [5.41, 5.74) is 0.361. The molecule has 32 heavy (non-hydrogen) atoms. The molecule has 1 aliphatic rings. The van der Waals surface area contributed by atoms with Crippen molar-refractivity contribution in [2.75, 3.05) is 18.4 Å². The highest BCUT2D eigenvalue weighted by Crippen LogP contribution is 2.26. The fourth-order valence-electron chi connectivity index (χ4n) is 3.48. The predicted octanol–water partition coefficient (Wildman–Crippen LogP) is 3.66. The van der Waals surface area contributed by atoms with E-state index in [4.69, 9.17) is 0 Å². The Morgan fingerprint density at radius 2 is 1.84 bits per heavy atom. The van der Waals surface area contributed by atoms with Gasteiger partial charge in [-0.05, 0) is 42.7 Å². The molecule has 1 heterocycles. The Hall–Kier alpha value is -2.66. The Bertz CT molecular complexity index is 1050. The summed E-state index contributed by atoms with van der Waals surface area (Å²) in [4.78, 5) is 12.8. The van der Waals surface area contributed by atoms with Gasteiger partial charge >= 0.3 is 6.18 Å². The summed E-state index contributed by atoms with van der Waals surface area (Å²) >= 11 is 0. The van der Waals surface area contributed by atoms with Crippen LogP contribution in [0, 0.1) is 5.82 Å². The Morgan fingerprint density at radius 3 is 2.53 bits per heavy atom. The number of benzene rings is 2. The first-order chi connectivity index (χ1) is 15.1. The van der Waals surface area contributed by atoms with Crippen molar-refractivity contribution in [1.82, 2.24) is 9.62 Å². The zero-order chi connectivity index (χ0) is 23.4. The molecule has 11 heteroatoms. The van der Waals surface area contributed by atoms with Crippen LogP contribution in [-0.2, 0) is 21.4 Å². The maximum absolute atomic E-state index is 13.9. The first-order valence-corrected chi connectivity index (χ1v) is 11.5. The molecule has 0 aliphatic carbocycles. The SMILES string of the molecule is O=C(NCc1ccc(F)c(NCCC(F)(F)F)c1)[C@@H]1CCCN1S(=O)(=O)c1ccccc1. The number of hydrogen-bond donors (Lipinski definition) is 2. The highest BCUT2D eigenvalue weighted by Gasteiger charge is 2.39. The van der Waals surface area contributed by atoms with Gasteiger partial charge < -0.3 is 10.6 Å². The second-order valence-corrected chi connectivity index (χ2v) is 9.30. The van der Waals surface area contributed by atoms with Crippen LogP contribution in [0.4, 0.5) is 23.2 Å². The second-order valence-electron chi connectivity index (χ2n) is 7.41. The molecule has 0 saturated carbocycles. The second kappa shape index (κ2) is 9.86. The van der Waals surface area contributed by atoms with Crippen molar-refractivity contribution in [2.45, 2.75) is 42.9 Å². The zero-order valence-corrected chi connectivity index (χ0v) is 17.8. The van der Waals surface area contributed by atoms with Crippen LogP contribution in [-0.4, -0.2) is 43.9 Å². The number of hydrogen-bond acceptors (Lipinski definition) is 4. The fraction of sp³-hybridized carbons (Fsp3) is 0.381. The van der Waals surface area contributed by atoms with Gasteiger partial charge in [0.1, 0.15) is 11.9 Å². The van der Waals surface area contributed by atoms with Crippen LogP contribution in [0.25, 0.3) is 0 Å². The first kappa shape index (κ1) is 24.0. The maximum atomic E-state index is 13.9. The van der Waals surface area contributed by atoms with Crippen LogP contribution < -0.4 is 10.6 Å². The molecule has 2 aromatic rings. The summed E-state index contributed by atoms with van der Waals surface area (Å²) in [5, 5.41) is 5.05. The van der Waals surface area contributed by atoms with Crippen LogP contribution in [0.15, 0.2) is 53.4 Å². The molecular weight excluding hydrogens is 450 g/mol. The molecule has 1 fully saturated rings. The summed E-state index contributed by atoms with van der Waals surface area (Å²) in [5.74, 6) is -1.20. The van der Waals surface area contributed by atoms with Gasteiger partial charge in [0, 0.05) is 19.6 Å². The van der Waals surface area contributed by atoms with Crippen LogP contribution in [0.1, 0.15) is 24.8 Å². The number of anilines is 1. The van der Waals surface area contributed by atoms with Gasteiger partial charge in [-0.3, -0.25) is 4.79 Å². The number of rotatable bonds is 8. The monoisotopic (exact) mass is 473 g/mol. The van der Waals surface area contributed by atoms with Crippen molar-refractivity contribution in [2.24, 2.45) is 0 Å². The molecule has 0 spiro atoms. The van der Waals surface area contributed by atoms with E-state index in [0.29, 0.717) is 18.4 Å². The molecule has 1 amide bonds.